The minimum Gasteiger partial charge on any atom is -0.394 e. The lowest BCUT2D eigenvalue weighted by Gasteiger charge is -2.39. The van der Waals surface area contributed by atoms with Crippen molar-refractivity contribution in [1.82, 2.24) is 0 Å². The maximum absolute atomic E-state index is 10.5. The van der Waals surface area contributed by atoms with E-state index in [1.165, 1.54) is 0 Å². The van der Waals surface area contributed by atoms with E-state index in [1.807, 2.05) is 0 Å². The predicted molar refractivity (Wildman–Crippen MR) is 46.9 cm³/mol. The normalized spacial score (nSPS) is 41.0. The summed E-state index contributed by atoms with van der Waals surface area (Å²) in [4.78, 5) is 17.0. The number of ether oxygens (including phenoxy) is 1. The first-order valence-corrected chi connectivity index (χ1v) is 5.83. The summed E-state index contributed by atoms with van der Waals surface area (Å²) in [6.07, 6.45) is -8.25. The molecule has 1 aliphatic heterocycles. The number of phosphoric ester groups is 1. The van der Waals surface area contributed by atoms with E-state index in [4.69, 9.17) is 14.9 Å². The van der Waals surface area contributed by atoms with Crippen LogP contribution in [0.1, 0.15) is 0 Å². The van der Waals surface area contributed by atoms with Crippen LogP contribution in [0.3, 0.4) is 0 Å². The first-order chi connectivity index (χ1) is 7.26. The SMILES string of the molecule is O=P(O)(O)O[C@H]1O[C@@H](CO)[C@H](O)[C@@H](O)[C@@H]1O. The molecule has 0 spiro atoms. The lowest BCUT2D eigenvalue weighted by Crippen LogP contribution is -2.58. The van der Waals surface area contributed by atoms with E-state index in [2.05, 4.69) is 9.26 Å². The molecule has 0 amide bonds. The molecule has 1 rings (SSSR count). The molecule has 0 radical (unpaired) electrons. The van der Waals surface area contributed by atoms with Crippen molar-refractivity contribution in [2.75, 3.05) is 6.61 Å². The van der Waals surface area contributed by atoms with Crippen molar-refractivity contribution in [1.29, 1.82) is 0 Å². The summed E-state index contributed by atoms with van der Waals surface area (Å²) in [6, 6.07) is 0. The molecule has 1 saturated heterocycles. The highest BCUT2D eigenvalue weighted by molar-refractivity contribution is 7.46. The fourth-order valence-corrected chi connectivity index (χ4v) is 1.73. The fraction of sp³-hybridized carbons (Fsp3) is 1.00. The van der Waals surface area contributed by atoms with Gasteiger partial charge in [0.1, 0.15) is 24.4 Å². The second-order valence-electron chi connectivity index (χ2n) is 3.29. The Morgan fingerprint density at radius 1 is 1.12 bits per heavy atom. The predicted octanol–water partition coefficient (Wildman–Crippen LogP) is -3.10. The van der Waals surface area contributed by atoms with Crippen LogP contribution in [-0.4, -0.2) is 67.5 Å². The van der Waals surface area contributed by atoms with Gasteiger partial charge in [0.15, 0.2) is 6.29 Å². The highest BCUT2D eigenvalue weighted by atomic mass is 31.2. The van der Waals surface area contributed by atoms with Crippen LogP contribution in [0.25, 0.3) is 0 Å². The molecule has 0 unspecified atom stereocenters. The number of hydrogen-bond donors (Lipinski definition) is 6. The van der Waals surface area contributed by atoms with Gasteiger partial charge in [-0.2, -0.15) is 0 Å². The molecule has 1 aliphatic rings. The third-order valence-corrected chi connectivity index (χ3v) is 2.57. The van der Waals surface area contributed by atoms with Gasteiger partial charge in [-0.15, -0.1) is 0 Å². The van der Waals surface area contributed by atoms with Gasteiger partial charge in [-0.1, -0.05) is 0 Å². The Morgan fingerprint density at radius 3 is 2.12 bits per heavy atom. The number of aliphatic hydroxyl groups is 4. The molecule has 5 atom stereocenters. The van der Waals surface area contributed by atoms with E-state index in [-0.39, 0.29) is 0 Å². The summed E-state index contributed by atoms with van der Waals surface area (Å²) < 4.78 is 19.2. The summed E-state index contributed by atoms with van der Waals surface area (Å²) in [7, 11) is -4.91. The van der Waals surface area contributed by atoms with Crippen LogP contribution in [0.4, 0.5) is 0 Å². The minimum atomic E-state index is -4.91. The lowest BCUT2D eigenvalue weighted by atomic mass is 10.00. The highest BCUT2D eigenvalue weighted by Crippen LogP contribution is 2.40. The van der Waals surface area contributed by atoms with Crippen molar-refractivity contribution < 1.29 is 44.0 Å². The lowest BCUT2D eigenvalue weighted by molar-refractivity contribution is -0.280. The van der Waals surface area contributed by atoms with E-state index in [9.17, 15) is 19.9 Å². The van der Waals surface area contributed by atoms with Crippen LogP contribution in [0.5, 0.6) is 0 Å². The molecule has 0 bridgehead atoms. The van der Waals surface area contributed by atoms with Crippen LogP contribution in [-0.2, 0) is 13.8 Å². The molecule has 0 aromatic carbocycles. The van der Waals surface area contributed by atoms with E-state index < -0.39 is 45.1 Å². The molecule has 16 heavy (non-hydrogen) atoms. The van der Waals surface area contributed by atoms with Crippen molar-refractivity contribution >= 4 is 7.82 Å². The van der Waals surface area contributed by atoms with Crippen LogP contribution >= 0.6 is 7.82 Å². The summed E-state index contributed by atoms with van der Waals surface area (Å²) in [5.41, 5.74) is 0. The molecular weight excluding hydrogens is 247 g/mol. The first-order valence-electron chi connectivity index (χ1n) is 4.30. The molecule has 96 valence electrons. The highest BCUT2D eigenvalue weighted by Gasteiger charge is 2.46. The molecule has 0 aromatic heterocycles. The van der Waals surface area contributed by atoms with E-state index in [1.54, 1.807) is 0 Å². The summed E-state index contributed by atoms with van der Waals surface area (Å²) in [5.74, 6) is 0. The molecule has 9 nitrogen and oxygen atoms in total. The number of rotatable bonds is 3. The van der Waals surface area contributed by atoms with Crippen LogP contribution in [0.15, 0.2) is 0 Å². The molecule has 10 heteroatoms. The molecule has 1 fully saturated rings. The summed E-state index contributed by atoms with van der Waals surface area (Å²) >= 11 is 0. The van der Waals surface area contributed by atoms with Crippen molar-refractivity contribution in [2.45, 2.75) is 30.7 Å². The minimum absolute atomic E-state index is 0.702. The summed E-state index contributed by atoms with van der Waals surface area (Å²) in [6.45, 7) is -0.702. The topological polar surface area (TPSA) is 157 Å². The van der Waals surface area contributed by atoms with Gasteiger partial charge in [0, 0.05) is 0 Å². The average Bonchev–Trinajstić information content (AvgIpc) is 2.17. The largest absolute Gasteiger partial charge is 0.472 e. The van der Waals surface area contributed by atoms with Crippen molar-refractivity contribution in [3.05, 3.63) is 0 Å². The molecule has 0 saturated carbocycles. The van der Waals surface area contributed by atoms with Crippen molar-refractivity contribution in [2.24, 2.45) is 0 Å². The molecule has 6 N–H and O–H groups in total. The van der Waals surface area contributed by atoms with E-state index in [0.717, 1.165) is 0 Å². The monoisotopic (exact) mass is 260 g/mol. The number of aliphatic hydroxyl groups excluding tert-OH is 4. The van der Waals surface area contributed by atoms with Gasteiger partial charge in [-0.3, -0.25) is 4.52 Å². The van der Waals surface area contributed by atoms with E-state index in [0.29, 0.717) is 0 Å². The third kappa shape index (κ3) is 3.20. The molecule has 0 aromatic rings. The van der Waals surface area contributed by atoms with Crippen LogP contribution in [0.2, 0.25) is 0 Å². The Morgan fingerprint density at radius 2 is 1.69 bits per heavy atom. The second kappa shape index (κ2) is 5.05. The standard InChI is InChI=1S/C6H13O9P/c7-1-2-3(8)4(9)5(10)6(14-2)15-16(11,12)13/h2-10H,1H2,(H2,11,12,13)/t2-,3-,4+,5-,6+/m0/s1. The Kier molecular flexibility index (Phi) is 4.41. The smallest absolute Gasteiger partial charge is 0.394 e. The maximum Gasteiger partial charge on any atom is 0.472 e. The van der Waals surface area contributed by atoms with Gasteiger partial charge in [0.05, 0.1) is 6.61 Å². The summed E-state index contributed by atoms with van der Waals surface area (Å²) in [5, 5.41) is 36.6. The van der Waals surface area contributed by atoms with Gasteiger partial charge < -0.3 is 34.9 Å². The zero-order valence-corrected chi connectivity index (χ0v) is 8.84. The third-order valence-electron chi connectivity index (χ3n) is 2.09. The van der Waals surface area contributed by atoms with Gasteiger partial charge in [-0.25, -0.2) is 4.57 Å². The number of phosphoric acid groups is 1. The van der Waals surface area contributed by atoms with Crippen LogP contribution < -0.4 is 0 Å². The Hall–Kier alpha value is -0.0900. The Balaban J connectivity index is 2.75. The van der Waals surface area contributed by atoms with Gasteiger partial charge in [0.2, 0.25) is 0 Å². The zero-order chi connectivity index (χ0) is 12.5. The Bertz CT molecular complexity index is 275. The zero-order valence-electron chi connectivity index (χ0n) is 7.95. The molecule has 1 heterocycles. The van der Waals surface area contributed by atoms with Gasteiger partial charge >= 0.3 is 7.82 Å². The van der Waals surface area contributed by atoms with Crippen molar-refractivity contribution in [3.8, 4) is 0 Å². The molecular formula is C6H13O9P. The number of hydrogen-bond acceptors (Lipinski definition) is 7. The Labute approximate surface area is 90.1 Å². The maximum atomic E-state index is 10.5. The second-order valence-corrected chi connectivity index (χ2v) is 4.49. The van der Waals surface area contributed by atoms with Gasteiger partial charge in [0.25, 0.3) is 0 Å². The van der Waals surface area contributed by atoms with Crippen LogP contribution in [0, 0.1) is 0 Å². The first kappa shape index (κ1) is 14.0. The molecule has 0 aliphatic carbocycles. The van der Waals surface area contributed by atoms with E-state index >= 15 is 0 Å². The average molecular weight is 260 g/mol. The van der Waals surface area contributed by atoms with Crippen molar-refractivity contribution in [3.63, 3.8) is 0 Å². The van der Waals surface area contributed by atoms with Gasteiger partial charge in [-0.05, 0) is 0 Å². The quantitative estimate of drug-likeness (QED) is 0.289. The fourth-order valence-electron chi connectivity index (χ4n) is 1.29.